The molecule has 4 rings (SSSR count). The van der Waals surface area contributed by atoms with Crippen LogP contribution in [0.3, 0.4) is 0 Å². The summed E-state index contributed by atoms with van der Waals surface area (Å²) in [5.41, 5.74) is 2.33. The SMILES string of the molecule is O=C(O)CC1=C2CCCN2CN1n1cc2c(F)cc(Br)cc2n1. The Bertz CT molecular complexity index is 847. The lowest BCUT2D eigenvalue weighted by Gasteiger charge is -2.22. The van der Waals surface area contributed by atoms with Gasteiger partial charge in [0.15, 0.2) is 0 Å². The van der Waals surface area contributed by atoms with E-state index in [4.69, 9.17) is 0 Å². The molecule has 3 heterocycles. The molecule has 0 radical (unpaired) electrons. The van der Waals surface area contributed by atoms with E-state index in [2.05, 4.69) is 25.9 Å². The number of halogens is 2. The minimum atomic E-state index is -0.878. The van der Waals surface area contributed by atoms with Crippen molar-refractivity contribution in [3.8, 4) is 0 Å². The Morgan fingerprint density at radius 1 is 1.43 bits per heavy atom. The van der Waals surface area contributed by atoms with Gasteiger partial charge in [-0.25, -0.2) is 9.40 Å². The number of nitrogens with zero attached hydrogens (tertiary/aromatic N) is 4. The summed E-state index contributed by atoms with van der Waals surface area (Å²) in [6.07, 6.45) is 3.46. The molecule has 0 spiro atoms. The van der Waals surface area contributed by atoms with Crippen molar-refractivity contribution in [2.75, 3.05) is 18.2 Å². The summed E-state index contributed by atoms with van der Waals surface area (Å²) in [5, 5.41) is 15.9. The lowest BCUT2D eigenvalue weighted by molar-refractivity contribution is -0.136. The zero-order valence-electron chi connectivity index (χ0n) is 12.2. The molecule has 6 nitrogen and oxygen atoms in total. The molecule has 1 aromatic carbocycles. The quantitative estimate of drug-likeness (QED) is 0.886. The van der Waals surface area contributed by atoms with Gasteiger partial charge in [0.2, 0.25) is 0 Å². The molecule has 1 N–H and O–H groups in total. The van der Waals surface area contributed by atoms with Gasteiger partial charge in [-0.2, -0.15) is 9.89 Å². The summed E-state index contributed by atoms with van der Waals surface area (Å²) in [5.74, 6) is -1.23. The number of allylic oxidation sites excluding steroid dienone is 1. The molecule has 2 aromatic rings. The van der Waals surface area contributed by atoms with Crippen LogP contribution in [0.4, 0.5) is 4.39 Å². The third-order valence-corrected chi connectivity index (χ3v) is 4.72. The third kappa shape index (κ3) is 2.37. The highest BCUT2D eigenvalue weighted by atomic mass is 79.9. The topological polar surface area (TPSA) is 61.6 Å². The third-order valence-electron chi connectivity index (χ3n) is 4.27. The van der Waals surface area contributed by atoms with E-state index in [1.807, 2.05) is 5.01 Å². The average molecular weight is 381 g/mol. The van der Waals surface area contributed by atoms with Crippen LogP contribution in [0.1, 0.15) is 19.3 Å². The van der Waals surface area contributed by atoms with Gasteiger partial charge < -0.3 is 10.0 Å². The Hall–Kier alpha value is -2.09. The molecule has 0 saturated carbocycles. The summed E-state index contributed by atoms with van der Waals surface area (Å²) in [4.78, 5) is 14.9. The van der Waals surface area contributed by atoms with Crippen LogP contribution in [0.2, 0.25) is 0 Å². The van der Waals surface area contributed by atoms with E-state index in [1.54, 1.807) is 17.1 Å². The molecule has 0 unspecified atom stereocenters. The van der Waals surface area contributed by atoms with E-state index in [1.165, 1.54) is 6.07 Å². The first-order chi connectivity index (χ1) is 11.0. The first kappa shape index (κ1) is 14.5. The number of hydrogen-bond acceptors (Lipinski definition) is 4. The van der Waals surface area contributed by atoms with E-state index in [0.717, 1.165) is 30.8 Å². The summed E-state index contributed by atoms with van der Waals surface area (Å²) < 4.78 is 14.7. The summed E-state index contributed by atoms with van der Waals surface area (Å²) in [6, 6.07) is 3.14. The van der Waals surface area contributed by atoms with Gasteiger partial charge in [0.25, 0.3) is 0 Å². The lowest BCUT2D eigenvalue weighted by atomic mass is 10.2. The average Bonchev–Trinajstić information content (AvgIpc) is 3.13. The summed E-state index contributed by atoms with van der Waals surface area (Å²) >= 11 is 3.26. The van der Waals surface area contributed by atoms with Crippen LogP contribution in [0.25, 0.3) is 10.9 Å². The lowest BCUT2D eigenvalue weighted by Crippen LogP contribution is -2.36. The number of carboxylic acid groups (broad SMARTS) is 1. The highest BCUT2D eigenvalue weighted by Crippen LogP contribution is 2.33. The maximum Gasteiger partial charge on any atom is 0.309 e. The molecule has 0 aliphatic carbocycles. The van der Waals surface area contributed by atoms with Crippen LogP contribution in [0, 0.1) is 5.82 Å². The Labute approximate surface area is 139 Å². The highest BCUT2D eigenvalue weighted by molar-refractivity contribution is 9.10. The van der Waals surface area contributed by atoms with Crippen molar-refractivity contribution < 1.29 is 14.3 Å². The fourth-order valence-electron chi connectivity index (χ4n) is 3.29. The smallest absolute Gasteiger partial charge is 0.309 e. The molecular weight excluding hydrogens is 367 g/mol. The molecule has 1 aromatic heterocycles. The van der Waals surface area contributed by atoms with Crippen LogP contribution < -0.4 is 5.01 Å². The van der Waals surface area contributed by atoms with Crippen molar-refractivity contribution >= 4 is 32.8 Å². The Morgan fingerprint density at radius 3 is 3.04 bits per heavy atom. The molecule has 1 fully saturated rings. The zero-order valence-corrected chi connectivity index (χ0v) is 13.8. The van der Waals surface area contributed by atoms with Gasteiger partial charge in [-0.1, -0.05) is 15.9 Å². The highest BCUT2D eigenvalue weighted by Gasteiger charge is 2.34. The second kappa shape index (κ2) is 5.23. The Balaban J connectivity index is 1.79. The van der Waals surface area contributed by atoms with Crippen molar-refractivity contribution in [1.29, 1.82) is 0 Å². The molecule has 120 valence electrons. The number of hydrogen-bond donors (Lipinski definition) is 1. The fourth-order valence-corrected chi connectivity index (χ4v) is 3.71. The molecule has 2 aliphatic heterocycles. The zero-order chi connectivity index (χ0) is 16.1. The minimum Gasteiger partial charge on any atom is -0.481 e. The van der Waals surface area contributed by atoms with E-state index in [0.29, 0.717) is 22.0 Å². The standard InChI is InChI=1S/C15H14BrFN4O2/c16-9-4-11(17)10-7-21(18-12(10)5-9)20-8-19-3-1-2-13(19)14(20)6-15(22)23/h4-5,7H,1-3,6,8H2,(H,22,23). The van der Waals surface area contributed by atoms with E-state index < -0.39 is 5.97 Å². The van der Waals surface area contributed by atoms with Crippen LogP contribution in [0.15, 0.2) is 34.2 Å². The number of fused-ring (bicyclic) bond motifs is 2. The van der Waals surface area contributed by atoms with Gasteiger partial charge in [0.1, 0.15) is 12.5 Å². The second-order valence-electron chi connectivity index (χ2n) is 5.74. The van der Waals surface area contributed by atoms with Gasteiger partial charge in [0, 0.05) is 16.7 Å². The van der Waals surface area contributed by atoms with Gasteiger partial charge in [-0.05, 0) is 25.0 Å². The van der Waals surface area contributed by atoms with Crippen molar-refractivity contribution in [2.24, 2.45) is 0 Å². The predicted octanol–water partition coefficient (Wildman–Crippen LogP) is 2.63. The van der Waals surface area contributed by atoms with Gasteiger partial charge in [0.05, 0.1) is 29.2 Å². The maximum absolute atomic E-state index is 14.1. The fraction of sp³-hybridized carbons (Fsp3) is 0.333. The largest absolute Gasteiger partial charge is 0.481 e. The maximum atomic E-state index is 14.1. The summed E-state index contributed by atoms with van der Waals surface area (Å²) in [7, 11) is 0. The van der Waals surface area contributed by atoms with Crippen molar-refractivity contribution in [1.82, 2.24) is 14.8 Å². The number of benzene rings is 1. The number of aliphatic carboxylic acids is 1. The number of rotatable bonds is 3. The van der Waals surface area contributed by atoms with Gasteiger partial charge in [-0.3, -0.25) is 4.79 Å². The van der Waals surface area contributed by atoms with Crippen LogP contribution >= 0.6 is 15.9 Å². The molecule has 8 heteroatoms. The molecule has 23 heavy (non-hydrogen) atoms. The Morgan fingerprint density at radius 2 is 2.26 bits per heavy atom. The first-order valence-corrected chi connectivity index (χ1v) is 8.13. The second-order valence-corrected chi connectivity index (χ2v) is 6.66. The van der Waals surface area contributed by atoms with Crippen molar-refractivity contribution in [3.63, 3.8) is 0 Å². The van der Waals surface area contributed by atoms with Crippen molar-refractivity contribution in [2.45, 2.75) is 19.3 Å². The van der Waals surface area contributed by atoms with Crippen LogP contribution in [-0.2, 0) is 4.79 Å². The van der Waals surface area contributed by atoms with E-state index in [-0.39, 0.29) is 12.2 Å². The Kier molecular flexibility index (Phi) is 3.29. The van der Waals surface area contributed by atoms with Crippen molar-refractivity contribution in [3.05, 3.63) is 40.0 Å². The predicted molar refractivity (Wildman–Crippen MR) is 85.7 cm³/mol. The molecular formula is C15H14BrFN4O2. The normalized spacial score (nSPS) is 17.5. The minimum absolute atomic E-state index is 0.0613. The van der Waals surface area contributed by atoms with Gasteiger partial charge >= 0.3 is 5.97 Å². The summed E-state index contributed by atoms with van der Waals surface area (Å²) in [6.45, 7) is 1.46. The van der Waals surface area contributed by atoms with E-state index in [9.17, 15) is 14.3 Å². The molecule has 0 amide bonds. The number of carbonyl (C=O) groups is 1. The van der Waals surface area contributed by atoms with E-state index >= 15 is 0 Å². The molecule has 2 aliphatic rings. The van der Waals surface area contributed by atoms with Crippen LogP contribution in [0.5, 0.6) is 0 Å². The molecule has 0 atom stereocenters. The van der Waals surface area contributed by atoms with Crippen LogP contribution in [-0.4, -0.2) is 39.1 Å². The first-order valence-electron chi connectivity index (χ1n) is 7.34. The molecule has 0 bridgehead atoms. The monoisotopic (exact) mass is 380 g/mol. The number of carboxylic acids is 1. The van der Waals surface area contributed by atoms with Gasteiger partial charge in [-0.15, -0.1) is 0 Å². The molecule has 1 saturated heterocycles. The number of aromatic nitrogens is 2.